The molecule has 1 heterocycles. The summed E-state index contributed by atoms with van der Waals surface area (Å²) in [7, 11) is 2.38. The molecule has 6 heteroatoms. The molecule has 0 aliphatic rings. The van der Waals surface area contributed by atoms with E-state index in [2.05, 4.69) is 104 Å². The Labute approximate surface area is 235 Å². The second-order valence-corrected chi connectivity index (χ2v) is 11.7. The number of aliphatic imine (C=N–C) groups is 1. The van der Waals surface area contributed by atoms with E-state index in [1.54, 1.807) is 0 Å². The minimum Gasteiger partial charge on any atom is -0.399 e. The van der Waals surface area contributed by atoms with Crippen LogP contribution in [0.4, 0.5) is 5.69 Å². The van der Waals surface area contributed by atoms with Crippen LogP contribution in [0.3, 0.4) is 0 Å². The van der Waals surface area contributed by atoms with E-state index in [4.69, 9.17) is 17.9 Å². The molecule has 1 aromatic heterocycles. The van der Waals surface area contributed by atoms with Gasteiger partial charge in [0, 0.05) is 36.8 Å². The monoisotopic (exact) mass is 548 g/mol. The molecule has 0 radical (unpaired) electrons. The molecule has 0 N–H and O–H groups in total. The van der Waals surface area contributed by atoms with Crippen LogP contribution in [0, 0.1) is 5.92 Å². The molecule has 0 fully saturated rings. The second-order valence-electron chi connectivity index (χ2n) is 10.6. The molecule has 1 atom stereocenters. The lowest BCUT2D eigenvalue weighted by atomic mass is 9.99. The maximum absolute atomic E-state index is 6.49. The predicted molar refractivity (Wildman–Crippen MR) is 170 cm³/mol. The molecule has 0 spiro atoms. The fourth-order valence-electron chi connectivity index (χ4n) is 4.99. The normalized spacial score (nSPS) is 12.7. The summed E-state index contributed by atoms with van der Waals surface area (Å²) in [6.45, 7) is 4.71. The third-order valence-corrected chi connectivity index (χ3v) is 8.37. The average Bonchev–Trinajstić information content (AvgIpc) is 3.14. The summed E-state index contributed by atoms with van der Waals surface area (Å²) in [5, 5.41) is 6.65. The van der Waals surface area contributed by atoms with E-state index in [1.165, 1.54) is 0 Å². The molecule has 40 heavy (non-hydrogen) atoms. The number of hydrogen-bond donors (Lipinski definition) is 0. The molecule has 5 aromatic carbocycles. The smallest absolute Gasteiger partial charge is 0.387 e. The highest BCUT2D eigenvalue weighted by Crippen LogP contribution is 2.40. The topological polar surface area (TPSA) is 51.1 Å². The summed E-state index contributed by atoms with van der Waals surface area (Å²) in [5.41, 5.74) is 3.76. The van der Waals surface area contributed by atoms with Gasteiger partial charge in [0.1, 0.15) is 11.2 Å². The van der Waals surface area contributed by atoms with Crippen molar-refractivity contribution in [3.05, 3.63) is 103 Å². The third kappa shape index (κ3) is 5.23. The Bertz CT molecular complexity index is 1780. The standard InChI is InChI=1S/C34H33N2O3P/c1-23(2)30(35-21-24-13-17-27(18-14-24)36(3)4)22-37-40-38-31-19-15-25-9-5-7-11-28(25)33(31)34-29-12-8-6-10-26(29)16-20-32(34)39-40/h5-21,23,30H,22H2,1-4H3/t30-/m0/s1. The third-order valence-electron chi connectivity index (χ3n) is 7.32. The Kier molecular flexibility index (Phi) is 7.34. The first-order chi connectivity index (χ1) is 19.5. The van der Waals surface area contributed by atoms with E-state index in [9.17, 15) is 0 Å². The van der Waals surface area contributed by atoms with Crippen LogP contribution in [0.5, 0.6) is 0 Å². The molecule has 0 aliphatic heterocycles. The van der Waals surface area contributed by atoms with Gasteiger partial charge < -0.3 is 13.3 Å². The average molecular weight is 549 g/mol. The lowest BCUT2D eigenvalue weighted by molar-refractivity contribution is 0.306. The van der Waals surface area contributed by atoms with E-state index in [1.807, 2.05) is 32.4 Å². The first-order valence-corrected chi connectivity index (χ1v) is 14.7. The molecule has 6 aromatic rings. The van der Waals surface area contributed by atoms with Crippen LogP contribution in [0.1, 0.15) is 19.4 Å². The fourth-order valence-corrected chi connectivity index (χ4v) is 6.03. The van der Waals surface area contributed by atoms with E-state index in [0.717, 1.165) is 54.7 Å². The van der Waals surface area contributed by atoms with Gasteiger partial charge in [0.05, 0.1) is 12.6 Å². The molecule has 0 bridgehead atoms. The first-order valence-electron chi connectivity index (χ1n) is 13.6. The van der Waals surface area contributed by atoms with Crippen molar-refractivity contribution in [1.82, 2.24) is 0 Å². The zero-order valence-corrected chi connectivity index (χ0v) is 24.1. The van der Waals surface area contributed by atoms with Gasteiger partial charge in [-0.05, 0) is 57.3 Å². The molecule has 5 nitrogen and oxygen atoms in total. The highest BCUT2D eigenvalue weighted by atomic mass is 31.1. The van der Waals surface area contributed by atoms with Crippen LogP contribution in [0.15, 0.2) is 110 Å². The summed E-state index contributed by atoms with van der Waals surface area (Å²) < 4.78 is 19.3. The van der Waals surface area contributed by atoms with Crippen molar-refractivity contribution in [2.45, 2.75) is 19.9 Å². The van der Waals surface area contributed by atoms with Crippen LogP contribution in [-0.2, 0) is 0 Å². The molecule has 0 amide bonds. The summed E-state index contributed by atoms with van der Waals surface area (Å²) in [6.07, 6.45) is 1.93. The number of nitrogens with zero attached hydrogens (tertiary/aromatic N) is 2. The van der Waals surface area contributed by atoms with Crippen molar-refractivity contribution in [1.29, 1.82) is 0 Å². The lowest BCUT2D eigenvalue weighted by Crippen LogP contribution is -2.21. The van der Waals surface area contributed by atoms with Gasteiger partial charge in [0.2, 0.25) is 0 Å². The van der Waals surface area contributed by atoms with Crippen LogP contribution in [-0.4, -0.2) is 33.0 Å². The van der Waals surface area contributed by atoms with E-state index in [0.29, 0.717) is 6.61 Å². The van der Waals surface area contributed by atoms with Gasteiger partial charge in [0.15, 0.2) is 0 Å². The number of fused-ring (bicyclic) bond motifs is 7. The second kappa shape index (κ2) is 11.2. The number of rotatable bonds is 7. The number of hydrogen-bond acceptors (Lipinski definition) is 5. The van der Waals surface area contributed by atoms with Gasteiger partial charge in [-0.25, -0.2) is 0 Å². The minimum atomic E-state index is -1.70. The highest BCUT2D eigenvalue weighted by Gasteiger charge is 2.16. The molecule has 6 rings (SSSR count). The van der Waals surface area contributed by atoms with Gasteiger partial charge in [0.25, 0.3) is 0 Å². The van der Waals surface area contributed by atoms with Crippen molar-refractivity contribution < 1.29 is 12.9 Å². The van der Waals surface area contributed by atoms with Crippen molar-refractivity contribution >= 4 is 63.6 Å². The van der Waals surface area contributed by atoms with Gasteiger partial charge >= 0.3 is 8.24 Å². The van der Waals surface area contributed by atoms with Crippen molar-refractivity contribution in [3.63, 3.8) is 0 Å². The summed E-state index contributed by atoms with van der Waals surface area (Å²) >= 11 is 0. The molecule has 0 saturated heterocycles. The van der Waals surface area contributed by atoms with Crippen LogP contribution in [0.25, 0.3) is 43.5 Å². The van der Waals surface area contributed by atoms with Crippen molar-refractivity contribution in [2.75, 3.05) is 25.6 Å². The van der Waals surface area contributed by atoms with Crippen LogP contribution < -0.4 is 9.42 Å². The fraction of sp³-hybridized carbons (Fsp3) is 0.206. The summed E-state index contributed by atoms with van der Waals surface area (Å²) in [4.78, 5) is 6.97. The van der Waals surface area contributed by atoms with Crippen LogP contribution in [0.2, 0.25) is 0 Å². The zero-order chi connectivity index (χ0) is 27.6. The summed E-state index contributed by atoms with van der Waals surface area (Å²) in [5.74, 6) is 0.284. The predicted octanol–water partition coefficient (Wildman–Crippen LogP) is 9.23. The van der Waals surface area contributed by atoms with E-state index >= 15 is 0 Å². The molecular formula is C34H33N2O3P. The molecule has 0 unspecified atom stereocenters. The maximum Gasteiger partial charge on any atom is 0.387 e. The van der Waals surface area contributed by atoms with Gasteiger partial charge in [-0.3, -0.25) is 9.52 Å². The molecule has 202 valence electrons. The highest BCUT2D eigenvalue weighted by molar-refractivity contribution is 7.31. The Balaban J connectivity index is 1.41. The molecule has 0 aliphatic carbocycles. The zero-order valence-electron chi connectivity index (χ0n) is 23.2. The van der Waals surface area contributed by atoms with Gasteiger partial charge in [-0.15, -0.1) is 0 Å². The minimum absolute atomic E-state index is 0.0429. The summed E-state index contributed by atoms with van der Waals surface area (Å²) in [6, 6.07) is 33.4. The van der Waals surface area contributed by atoms with Gasteiger partial charge in [-0.2, -0.15) is 0 Å². The maximum atomic E-state index is 6.49. The number of anilines is 1. The van der Waals surface area contributed by atoms with Crippen molar-refractivity contribution in [3.8, 4) is 0 Å². The quantitative estimate of drug-likeness (QED) is 0.187. The van der Waals surface area contributed by atoms with E-state index < -0.39 is 8.24 Å². The van der Waals surface area contributed by atoms with E-state index in [-0.39, 0.29) is 12.0 Å². The Morgan fingerprint density at radius 1 is 0.750 bits per heavy atom. The van der Waals surface area contributed by atoms with Crippen molar-refractivity contribution in [2.24, 2.45) is 10.9 Å². The Morgan fingerprint density at radius 3 is 1.82 bits per heavy atom. The Hall–Kier alpha value is -4.05. The van der Waals surface area contributed by atoms with Crippen LogP contribution >= 0.6 is 8.24 Å². The number of benzene rings is 5. The Morgan fingerprint density at radius 2 is 1.30 bits per heavy atom. The lowest BCUT2D eigenvalue weighted by Gasteiger charge is -2.15. The first kappa shape index (κ1) is 26.2. The molecular weight excluding hydrogens is 515 g/mol. The SMILES string of the molecule is CC(C)[C@H](COp1oc2ccc3ccccc3c2c2c(ccc3ccccc32)o1)N=Cc1ccc(N(C)C)cc1. The van der Waals surface area contributed by atoms with Gasteiger partial charge in [-0.1, -0.05) is 86.6 Å². The molecule has 0 saturated carbocycles. The largest absolute Gasteiger partial charge is 0.399 e.